The Morgan fingerprint density at radius 3 is 2.60 bits per heavy atom. The standard InChI is InChI=1S/C12H16N2S/c1-10(7-13)8-14-9-11-3-5-12(15-2)6-4-11/h3-6,10,14H,8-9H2,1-2H3. The summed E-state index contributed by atoms with van der Waals surface area (Å²) in [7, 11) is 0. The summed E-state index contributed by atoms with van der Waals surface area (Å²) in [5.41, 5.74) is 1.26. The fraction of sp³-hybridized carbons (Fsp3) is 0.417. The summed E-state index contributed by atoms with van der Waals surface area (Å²) in [6, 6.07) is 10.7. The van der Waals surface area contributed by atoms with E-state index in [1.807, 2.05) is 6.92 Å². The van der Waals surface area contributed by atoms with Gasteiger partial charge in [-0.25, -0.2) is 0 Å². The van der Waals surface area contributed by atoms with Gasteiger partial charge in [0.15, 0.2) is 0 Å². The van der Waals surface area contributed by atoms with E-state index in [2.05, 4.69) is 41.9 Å². The zero-order chi connectivity index (χ0) is 11.1. The first-order chi connectivity index (χ1) is 7.26. The topological polar surface area (TPSA) is 35.8 Å². The van der Waals surface area contributed by atoms with E-state index >= 15 is 0 Å². The molecule has 1 rings (SSSR count). The highest BCUT2D eigenvalue weighted by Gasteiger charge is 1.98. The van der Waals surface area contributed by atoms with Crippen molar-refractivity contribution in [1.29, 1.82) is 5.26 Å². The molecule has 0 aliphatic rings. The van der Waals surface area contributed by atoms with Crippen molar-refractivity contribution in [1.82, 2.24) is 5.32 Å². The number of rotatable bonds is 5. The third kappa shape index (κ3) is 4.37. The smallest absolute Gasteiger partial charge is 0.0666 e. The van der Waals surface area contributed by atoms with Gasteiger partial charge in [-0.3, -0.25) is 0 Å². The third-order valence-electron chi connectivity index (χ3n) is 2.16. The lowest BCUT2D eigenvalue weighted by molar-refractivity contribution is 0.601. The average molecular weight is 220 g/mol. The largest absolute Gasteiger partial charge is 0.311 e. The van der Waals surface area contributed by atoms with Gasteiger partial charge in [0.05, 0.1) is 12.0 Å². The Morgan fingerprint density at radius 1 is 1.40 bits per heavy atom. The molecule has 0 aliphatic heterocycles. The quantitative estimate of drug-likeness (QED) is 0.775. The van der Waals surface area contributed by atoms with Gasteiger partial charge in [-0.1, -0.05) is 12.1 Å². The third-order valence-corrected chi connectivity index (χ3v) is 2.90. The summed E-state index contributed by atoms with van der Waals surface area (Å²) in [6.45, 7) is 3.51. The van der Waals surface area contributed by atoms with Crippen molar-refractivity contribution in [3.05, 3.63) is 29.8 Å². The molecule has 0 saturated carbocycles. The molecule has 1 aromatic rings. The zero-order valence-corrected chi connectivity index (χ0v) is 9.97. The molecular weight excluding hydrogens is 204 g/mol. The average Bonchev–Trinajstić information content (AvgIpc) is 2.29. The van der Waals surface area contributed by atoms with Crippen molar-refractivity contribution in [3.63, 3.8) is 0 Å². The lowest BCUT2D eigenvalue weighted by Crippen LogP contribution is -2.19. The summed E-state index contributed by atoms with van der Waals surface area (Å²) in [6.07, 6.45) is 2.07. The second kappa shape index (κ2) is 6.49. The molecule has 80 valence electrons. The first-order valence-electron chi connectivity index (χ1n) is 4.99. The minimum Gasteiger partial charge on any atom is -0.311 e. The summed E-state index contributed by atoms with van der Waals surface area (Å²) >= 11 is 1.75. The van der Waals surface area contributed by atoms with Gasteiger partial charge >= 0.3 is 0 Å². The van der Waals surface area contributed by atoms with Gasteiger partial charge in [0.25, 0.3) is 0 Å². The number of nitriles is 1. The predicted octanol–water partition coefficient (Wildman–Crippen LogP) is 2.66. The maximum Gasteiger partial charge on any atom is 0.0666 e. The van der Waals surface area contributed by atoms with E-state index < -0.39 is 0 Å². The number of nitrogens with one attached hydrogen (secondary N) is 1. The van der Waals surface area contributed by atoms with Gasteiger partial charge in [0.2, 0.25) is 0 Å². The summed E-state index contributed by atoms with van der Waals surface area (Å²) in [4.78, 5) is 1.28. The van der Waals surface area contributed by atoms with Crippen LogP contribution in [-0.2, 0) is 6.54 Å². The molecule has 3 heteroatoms. The maximum atomic E-state index is 8.61. The second-order valence-electron chi connectivity index (χ2n) is 3.51. The number of benzene rings is 1. The Balaban J connectivity index is 2.35. The SMILES string of the molecule is CSc1ccc(CNCC(C)C#N)cc1. The molecule has 0 heterocycles. The Bertz CT molecular complexity index is 326. The van der Waals surface area contributed by atoms with Crippen LogP contribution in [0.4, 0.5) is 0 Å². The van der Waals surface area contributed by atoms with E-state index in [0.29, 0.717) is 0 Å². The molecular formula is C12H16N2S. The summed E-state index contributed by atoms with van der Waals surface area (Å²) < 4.78 is 0. The fourth-order valence-corrected chi connectivity index (χ4v) is 1.63. The van der Waals surface area contributed by atoms with Gasteiger partial charge < -0.3 is 5.32 Å². The highest BCUT2D eigenvalue weighted by atomic mass is 32.2. The van der Waals surface area contributed by atoms with E-state index in [1.54, 1.807) is 11.8 Å². The van der Waals surface area contributed by atoms with E-state index in [1.165, 1.54) is 10.5 Å². The zero-order valence-electron chi connectivity index (χ0n) is 9.16. The molecule has 0 aromatic heterocycles. The molecule has 0 fully saturated rings. The van der Waals surface area contributed by atoms with Crippen LogP contribution in [0.1, 0.15) is 12.5 Å². The predicted molar refractivity (Wildman–Crippen MR) is 64.7 cm³/mol. The highest BCUT2D eigenvalue weighted by Crippen LogP contribution is 2.14. The molecule has 15 heavy (non-hydrogen) atoms. The van der Waals surface area contributed by atoms with Crippen LogP contribution in [0.25, 0.3) is 0 Å². The van der Waals surface area contributed by atoms with Gasteiger partial charge in [-0.05, 0) is 30.9 Å². The maximum absolute atomic E-state index is 8.61. The normalized spacial score (nSPS) is 12.1. The molecule has 2 nitrogen and oxygen atoms in total. The van der Waals surface area contributed by atoms with Crippen molar-refractivity contribution in [3.8, 4) is 6.07 Å². The van der Waals surface area contributed by atoms with E-state index in [4.69, 9.17) is 5.26 Å². The van der Waals surface area contributed by atoms with Crippen molar-refractivity contribution in [2.75, 3.05) is 12.8 Å². The number of hydrogen-bond donors (Lipinski definition) is 1. The first kappa shape index (κ1) is 12.1. The highest BCUT2D eigenvalue weighted by molar-refractivity contribution is 7.98. The molecule has 0 bridgehead atoms. The van der Waals surface area contributed by atoms with Crippen LogP contribution in [-0.4, -0.2) is 12.8 Å². The van der Waals surface area contributed by atoms with Gasteiger partial charge in [0.1, 0.15) is 0 Å². The van der Waals surface area contributed by atoms with E-state index in [0.717, 1.165) is 13.1 Å². The van der Waals surface area contributed by atoms with Crippen molar-refractivity contribution >= 4 is 11.8 Å². The number of hydrogen-bond acceptors (Lipinski definition) is 3. The van der Waals surface area contributed by atoms with Crippen molar-refractivity contribution in [2.24, 2.45) is 5.92 Å². The molecule has 0 saturated heterocycles. The number of thioether (sulfide) groups is 1. The van der Waals surface area contributed by atoms with Gasteiger partial charge in [-0.15, -0.1) is 11.8 Å². The Hall–Kier alpha value is -0.980. The van der Waals surface area contributed by atoms with Crippen LogP contribution in [0.15, 0.2) is 29.2 Å². The van der Waals surface area contributed by atoms with Crippen LogP contribution in [0.5, 0.6) is 0 Å². The van der Waals surface area contributed by atoms with Crippen molar-refractivity contribution < 1.29 is 0 Å². The lowest BCUT2D eigenvalue weighted by atomic mass is 10.2. The summed E-state index contributed by atoms with van der Waals surface area (Å²) in [5.74, 6) is 0.0791. The Kier molecular flexibility index (Phi) is 5.23. The van der Waals surface area contributed by atoms with Crippen molar-refractivity contribution in [2.45, 2.75) is 18.4 Å². The second-order valence-corrected chi connectivity index (χ2v) is 4.39. The van der Waals surface area contributed by atoms with E-state index in [-0.39, 0.29) is 5.92 Å². The van der Waals surface area contributed by atoms with Gasteiger partial charge in [-0.2, -0.15) is 5.26 Å². The van der Waals surface area contributed by atoms with Crippen LogP contribution in [0.3, 0.4) is 0 Å². The Labute approximate surface area is 95.7 Å². The minimum atomic E-state index is 0.0791. The molecule has 0 aliphatic carbocycles. The first-order valence-corrected chi connectivity index (χ1v) is 6.22. The number of nitrogens with zero attached hydrogens (tertiary/aromatic N) is 1. The van der Waals surface area contributed by atoms with Crippen LogP contribution in [0.2, 0.25) is 0 Å². The minimum absolute atomic E-state index is 0.0791. The molecule has 0 radical (unpaired) electrons. The van der Waals surface area contributed by atoms with Crippen LogP contribution >= 0.6 is 11.8 Å². The summed E-state index contributed by atoms with van der Waals surface area (Å²) in [5, 5.41) is 11.9. The lowest BCUT2D eigenvalue weighted by Gasteiger charge is -2.06. The van der Waals surface area contributed by atoms with Crippen LogP contribution in [0, 0.1) is 17.2 Å². The molecule has 1 N–H and O–H groups in total. The monoisotopic (exact) mass is 220 g/mol. The van der Waals surface area contributed by atoms with Gasteiger partial charge in [0, 0.05) is 18.0 Å². The van der Waals surface area contributed by atoms with E-state index in [9.17, 15) is 0 Å². The fourth-order valence-electron chi connectivity index (χ4n) is 1.22. The molecule has 1 atom stereocenters. The molecule has 1 aromatic carbocycles. The Morgan fingerprint density at radius 2 is 2.07 bits per heavy atom. The molecule has 1 unspecified atom stereocenters. The molecule has 0 amide bonds. The van der Waals surface area contributed by atoms with Crippen LogP contribution < -0.4 is 5.32 Å². The molecule has 0 spiro atoms.